The van der Waals surface area contributed by atoms with Crippen molar-refractivity contribution >= 4 is 37.5 Å². The number of hydrogen-bond acceptors (Lipinski definition) is 7. The highest BCUT2D eigenvalue weighted by molar-refractivity contribution is 6.74. The van der Waals surface area contributed by atoms with Crippen LogP contribution in [0.1, 0.15) is 73.6 Å². The van der Waals surface area contributed by atoms with E-state index < -0.39 is 13.9 Å². The molecule has 8 nitrogen and oxygen atoms in total. The van der Waals surface area contributed by atoms with Crippen molar-refractivity contribution in [3.8, 4) is 0 Å². The van der Waals surface area contributed by atoms with Crippen LogP contribution >= 0.6 is 11.6 Å². The zero-order valence-electron chi connectivity index (χ0n) is 23.7. The number of fused-ring (bicyclic) bond motifs is 2. The van der Waals surface area contributed by atoms with Crippen LogP contribution in [-0.2, 0) is 9.16 Å². The first-order valence-corrected chi connectivity index (χ1v) is 16.5. The molecule has 36 heavy (non-hydrogen) atoms. The highest BCUT2D eigenvalue weighted by Gasteiger charge is 2.45. The number of nitrogens with zero attached hydrogens (tertiary/aromatic N) is 4. The summed E-state index contributed by atoms with van der Waals surface area (Å²) in [6.07, 6.45) is 4.47. The minimum atomic E-state index is -1.75. The van der Waals surface area contributed by atoms with Crippen molar-refractivity contribution in [1.29, 1.82) is 0 Å². The number of rotatable bonds is 8. The molecule has 3 heterocycles. The third-order valence-corrected chi connectivity index (χ3v) is 12.5. The van der Waals surface area contributed by atoms with Crippen LogP contribution in [0.25, 0.3) is 0 Å². The van der Waals surface area contributed by atoms with Gasteiger partial charge in [-0.2, -0.15) is 0 Å². The molecule has 2 unspecified atom stereocenters. The molecule has 0 saturated carbocycles. The van der Waals surface area contributed by atoms with Gasteiger partial charge in [0, 0.05) is 44.4 Å². The quantitative estimate of drug-likeness (QED) is 0.306. The van der Waals surface area contributed by atoms with Gasteiger partial charge in [0.1, 0.15) is 5.60 Å². The van der Waals surface area contributed by atoms with E-state index in [2.05, 4.69) is 61.3 Å². The predicted octanol–water partition coefficient (Wildman–Crippen LogP) is 6.32. The Morgan fingerprint density at radius 3 is 2.33 bits per heavy atom. The van der Waals surface area contributed by atoms with Crippen LogP contribution < -0.4 is 10.2 Å². The summed E-state index contributed by atoms with van der Waals surface area (Å²) in [5.74, 6) is 0.738. The Morgan fingerprint density at radius 1 is 1.17 bits per heavy atom. The average molecular weight is 540 g/mol. The first-order chi connectivity index (χ1) is 16.6. The van der Waals surface area contributed by atoms with Crippen molar-refractivity contribution in [2.45, 2.75) is 116 Å². The second kappa shape index (κ2) is 11.0. The summed E-state index contributed by atoms with van der Waals surface area (Å²) in [7, 11) is 0.304. The number of hydrogen-bond donors (Lipinski definition) is 1. The van der Waals surface area contributed by atoms with Gasteiger partial charge in [0.25, 0.3) is 0 Å². The monoisotopic (exact) mass is 539 g/mol. The number of amides is 1. The summed E-state index contributed by atoms with van der Waals surface area (Å²) in [5.41, 5.74) is 0.448. The van der Waals surface area contributed by atoms with Crippen molar-refractivity contribution in [2.24, 2.45) is 0 Å². The molecule has 1 aromatic rings. The molecule has 0 aliphatic carbocycles. The largest absolute Gasteiger partial charge is 0.444 e. The molecular formula is C26H46ClN5O3Si. The van der Waals surface area contributed by atoms with Crippen molar-refractivity contribution in [1.82, 2.24) is 15.1 Å². The Labute approximate surface area is 223 Å². The van der Waals surface area contributed by atoms with E-state index in [0.29, 0.717) is 5.15 Å². The molecule has 1 N–H and O–H groups in total. The summed E-state index contributed by atoms with van der Waals surface area (Å²) in [4.78, 5) is 16.9. The summed E-state index contributed by atoms with van der Waals surface area (Å²) < 4.78 is 12.0. The molecular weight excluding hydrogens is 494 g/mol. The Bertz CT molecular complexity index is 904. The van der Waals surface area contributed by atoms with Gasteiger partial charge in [-0.25, -0.2) is 4.79 Å². The molecule has 2 bridgehead atoms. The van der Waals surface area contributed by atoms with E-state index in [-0.39, 0.29) is 29.3 Å². The number of piperidine rings is 1. The van der Waals surface area contributed by atoms with Gasteiger partial charge in [-0.05, 0) is 71.0 Å². The second-order valence-corrected chi connectivity index (χ2v) is 18.1. The molecule has 0 spiro atoms. The maximum atomic E-state index is 12.8. The summed E-state index contributed by atoms with van der Waals surface area (Å²) >= 11 is 6.23. The molecule has 0 radical (unpaired) electrons. The number of carbonyl (C=O) groups excluding carboxylic acids is 1. The summed E-state index contributed by atoms with van der Waals surface area (Å²) in [6.45, 7) is 18.7. The van der Waals surface area contributed by atoms with Gasteiger partial charge in [-0.15, -0.1) is 10.2 Å². The van der Waals surface area contributed by atoms with Crippen molar-refractivity contribution in [2.75, 3.05) is 30.4 Å². The molecule has 1 aromatic heterocycles. The lowest BCUT2D eigenvalue weighted by Crippen LogP contribution is -2.51. The number of anilines is 2. The van der Waals surface area contributed by atoms with E-state index in [1.807, 2.05) is 31.7 Å². The molecule has 10 heteroatoms. The zero-order chi connectivity index (χ0) is 26.9. The second-order valence-electron chi connectivity index (χ2n) is 12.9. The Balaban J connectivity index is 1.60. The lowest BCUT2D eigenvalue weighted by molar-refractivity contribution is 0.00682. The lowest BCUT2D eigenvalue weighted by atomic mass is 9.97. The normalized spacial score (nSPS) is 22.5. The summed E-state index contributed by atoms with van der Waals surface area (Å²) in [5, 5.41) is 12.7. The zero-order valence-corrected chi connectivity index (χ0v) is 25.4. The van der Waals surface area contributed by atoms with Crippen LogP contribution in [0, 0.1) is 0 Å². The van der Waals surface area contributed by atoms with Crippen LogP contribution in [0.4, 0.5) is 16.3 Å². The number of aromatic nitrogens is 2. The maximum Gasteiger partial charge on any atom is 0.410 e. The Kier molecular flexibility index (Phi) is 8.88. The minimum Gasteiger partial charge on any atom is -0.444 e. The van der Waals surface area contributed by atoms with Crippen molar-refractivity contribution in [3.05, 3.63) is 11.2 Å². The van der Waals surface area contributed by atoms with Gasteiger partial charge in [0.05, 0.1) is 5.69 Å². The van der Waals surface area contributed by atoms with Gasteiger partial charge in [-0.1, -0.05) is 32.4 Å². The number of nitrogens with one attached hydrogen (secondary N) is 1. The van der Waals surface area contributed by atoms with Crippen LogP contribution in [0.15, 0.2) is 6.07 Å². The van der Waals surface area contributed by atoms with E-state index in [1.165, 1.54) is 0 Å². The molecule has 2 aliphatic rings. The molecule has 1 amide bonds. The fourth-order valence-corrected chi connectivity index (χ4v) is 6.05. The molecule has 204 valence electrons. The van der Waals surface area contributed by atoms with Crippen molar-refractivity contribution in [3.63, 3.8) is 0 Å². The SMILES string of the molecule is CN(CCCO[Si](C)(C)C(C)(C)C)c1cc(Cl)nnc1NC1CC2CCC(C1)N2C(=O)OC(C)(C)C. The van der Waals surface area contributed by atoms with Gasteiger partial charge in [0.2, 0.25) is 0 Å². The van der Waals surface area contributed by atoms with E-state index in [9.17, 15) is 4.79 Å². The lowest BCUT2D eigenvalue weighted by Gasteiger charge is -2.40. The van der Waals surface area contributed by atoms with Crippen molar-refractivity contribution < 1.29 is 14.0 Å². The molecule has 0 aromatic carbocycles. The molecule has 2 atom stereocenters. The Morgan fingerprint density at radius 2 is 1.78 bits per heavy atom. The fraction of sp³-hybridized carbons (Fsp3) is 0.808. The van der Waals surface area contributed by atoms with Gasteiger partial charge < -0.3 is 24.3 Å². The number of halogens is 1. The first kappa shape index (κ1) is 29.0. The standard InChI is InChI=1S/C26H46ClN5O3Si/c1-25(2,3)35-24(33)32-19-11-12-20(32)16-18(15-19)28-23-21(17-22(27)29-30-23)31(7)13-10-14-34-36(8,9)26(4,5)6/h17-20H,10-16H2,1-9H3,(H,28,30). The van der Waals surface area contributed by atoms with Gasteiger partial charge in [0.15, 0.2) is 19.3 Å². The average Bonchev–Trinajstić information content (AvgIpc) is 3.01. The van der Waals surface area contributed by atoms with Crippen LogP contribution in [0.5, 0.6) is 0 Å². The minimum absolute atomic E-state index is 0.185. The third-order valence-electron chi connectivity index (χ3n) is 7.74. The molecule has 2 aliphatic heterocycles. The Hall–Kier alpha value is -1.58. The number of ether oxygens (including phenoxy) is 1. The highest BCUT2D eigenvalue weighted by Crippen LogP contribution is 2.39. The highest BCUT2D eigenvalue weighted by atomic mass is 35.5. The van der Waals surface area contributed by atoms with E-state index in [4.69, 9.17) is 20.8 Å². The van der Waals surface area contributed by atoms with E-state index in [1.54, 1.807) is 0 Å². The topological polar surface area (TPSA) is 79.8 Å². The molecule has 3 rings (SSSR count). The van der Waals surface area contributed by atoms with E-state index in [0.717, 1.165) is 56.8 Å². The van der Waals surface area contributed by atoms with Crippen LogP contribution in [0.2, 0.25) is 23.3 Å². The van der Waals surface area contributed by atoms with E-state index >= 15 is 0 Å². The van der Waals surface area contributed by atoms with Crippen LogP contribution in [0.3, 0.4) is 0 Å². The first-order valence-electron chi connectivity index (χ1n) is 13.2. The molecule has 2 fully saturated rings. The van der Waals surface area contributed by atoms with Crippen LogP contribution in [-0.4, -0.2) is 73.4 Å². The maximum absolute atomic E-state index is 12.8. The third kappa shape index (κ3) is 7.25. The molecule has 2 saturated heterocycles. The fourth-order valence-electron chi connectivity index (χ4n) is 4.82. The van der Waals surface area contributed by atoms with Gasteiger partial charge >= 0.3 is 6.09 Å². The van der Waals surface area contributed by atoms with Gasteiger partial charge in [-0.3, -0.25) is 0 Å². The summed E-state index contributed by atoms with van der Waals surface area (Å²) in [6, 6.07) is 2.46. The number of carbonyl (C=O) groups is 1. The smallest absolute Gasteiger partial charge is 0.410 e. The predicted molar refractivity (Wildman–Crippen MR) is 150 cm³/mol.